The minimum absolute atomic E-state index is 0.637. The second kappa shape index (κ2) is 7.80. The molecule has 8 rings (SSSR count). The molecule has 0 aromatic carbocycles. The molecule has 6 aliphatic heterocycles. The Kier molecular flexibility index (Phi) is 4.74. The van der Waals surface area contributed by atoms with Crippen LogP contribution in [0, 0.1) is 0 Å². The van der Waals surface area contributed by atoms with Gasteiger partial charge in [0.2, 0.25) is 0 Å². The van der Waals surface area contributed by atoms with Crippen LogP contribution in [-0.2, 0) is 31.6 Å². The topological polar surface area (TPSA) is 40.6 Å². The molecule has 8 heterocycles. The van der Waals surface area contributed by atoms with Crippen molar-refractivity contribution in [3.63, 3.8) is 0 Å². The summed E-state index contributed by atoms with van der Waals surface area (Å²) in [4.78, 5) is 11.2. The first-order valence-electron chi connectivity index (χ1n) is 15.7. The van der Waals surface area contributed by atoms with Crippen LogP contribution in [0.4, 0.5) is 5.82 Å². The van der Waals surface area contributed by atoms with E-state index in [0.717, 1.165) is 67.9 Å². The summed E-state index contributed by atoms with van der Waals surface area (Å²) in [5.41, 5.74) is 16.4. The Morgan fingerprint density at radius 1 is 0.675 bits per heavy atom. The summed E-state index contributed by atoms with van der Waals surface area (Å²) in [6.07, 6.45) is 11.8. The van der Waals surface area contributed by atoms with E-state index in [4.69, 9.17) is 9.98 Å². The minimum atomic E-state index is -0.637. The van der Waals surface area contributed by atoms with Crippen LogP contribution in [0.15, 0.2) is 44.1 Å². The fourth-order valence-electron chi connectivity index (χ4n) is 8.85. The predicted molar refractivity (Wildman–Crippen MR) is 160 cm³/mol. The van der Waals surface area contributed by atoms with Crippen molar-refractivity contribution in [3.8, 4) is 0 Å². The van der Waals surface area contributed by atoms with Crippen LogP contribution in [-0.4, -0.2) is 35.7 Å². The van der Waals surface area contributed by atoms with E-state index in [-0.39, 0.29) is 0 Å². The zero-order chi connectivity index (χ0) is 27.8. The van der Waals surface area contributed by atoms with Crippen molar-refractivity contribution < 1.29 is 9.15 Å². The molecule has 1 spiro atoms. The lowest BCUT2D eigenvalue weighted by Crippen LogP contribution is -2.71. The van der Waals surface area contributed by atoms with Crippen LogP contribution < -0.4 is 10.8 Å². The number of allylic oxidation sites excluding steroid dienone is 3. The average Bonchev–Trinajstić information content (AvgIpc) is 3.65. The number of nitrogens with zero attached hydrogens (tertiary/aromatic N) is 6. The zero-order valence-corrected chi connectivity index (χ0v) is 25.3. The minimum Gasteiger partial charge on any atom is -0.204 e. The maximum atomic E-state index is 5.61. The molecule has 0 amide bonds. The van der Waals surface area contributed by atoms with Crippen molar-refractivity contribution in [2.24, 2.45) is 9.98 Å². The van der Waals surface area contributed by atoms with E-state index in [2.05, 4.69) is 85.8 Å². The number of aromatic nitrogens is 2. The molecule has 1 atom stereocenters. The van der Waals surface area contributed by atoms with Crippen LogP contribution in [0.2, 0.25) is 0 Å². The number of hydrogen-bond acceptors (Lipinski definition) is 2. The van der Waals surface area contributed by atoms with Gasteiger partial charge in [-0.05, 0) is 79.1 Å². The van der Waals surface area contributed by atoms with E-state index < -0.39 is 5.91 Å². The largest absolute Gasteiger partial charge is 0.441 e. The lowest BCUT2D eigenvalue weighted by molar-refractivity contribution is -0.816. The molecule has 0 saturated heterocycles. The van der Waals surface area contributed by atoms with Gasteiger partial charge in [-0.15, -0.1) is 9.15 Å². The zero-order valence-electron chi connectivity index (χ0n) is 25.3. The Morgan fingerprint density at radius 2 is 1.35 bits per heavy atom. The monoisotopic (exact) mass is 532 g/mol. The number of aliphatic imine (C=N–C) groups is 1. The third-order valence-electron chi connectivity index (χ3n) is 10.4. The van der Waals surface area contributed by atoms with Crippen LogP contribution in [0.5, 0.6) is 0 Å². The van der Waals surface area contributed by atoms with Gasteiger partial charge in [-0.2, -0.15) is 0 Å². The molecule has 0 aliphatic carbocycles. The second-order valence-corrected chi connectivity index (χ2v) is 11.7. The van der Waals surface area contributed by atoms with E-state index in [0.29, 0.717) is 0 Å². The fraction of sp³-hybridized carbons (Fsp3) is 0.471. The summed E-state index contributed by atoms with van der Waals surface area (Å²) in [6.45, 7) is 18.4. The Balaban J connectivity index is 1.71. The van der Waals surface area contributed by atoms with Crippen LogP contribution in [0.1, 0.15) is 103 Å². The van der Waals surface area contributed by atoms with Gasteiger partial charge in [-0.1, -0.05) is 48.5 Å². The molecule has 2 aromatic rings. The summed E-state index contributed by atoms with van der Waals surface area (Å²) in [5, 5.41) is 1.33. The summed E-state index contributed by atoms with van der Waals surface area (Å²) in [5.74, 6) is 2.78. The number of hydrogen-bond donors (Lipinski definition) is 0. The first kappa shape index (κ1) is 24.3. The normalized spacial score (nSPS) is 22.6. The van der Waals surface area contributed by atoms with Crippen molar-refractivity contribution in [2.75, 3.05) is 0 Å². The smallest absolute Gasteiger partial charge is 0.204 e. The van der Waals surface area contributed by atoms with Gasteiger partial charge >= 0.3 is 17.6 Å². The van der Waals surface area contributed by atoms with E-state index in [1.165, 1.54) is 67.0 Å². The molecule has 0 N–H and O–H groups in total. The Labute approximate surface area is 236 Å². The highest BCUT2D eigenvalue weighted by Crippen LogP contribution is 2.51. The number of rotatable bonds is 7. The van der Waals surface area contributed by atoms with Gasteiger partial charge in [0, 0.05) is 28.3 Å². The van der Waals surface area contributed by atoms with Gasteiger partial charge < -0.3 is 0 Å². The molecular weight excluding hydrogens is 492 g/mol. The molecular formula is C34H40N6+2. The van der Waals surface area contributed by atoms with Gasteiger partial charge in [0.15, 0.2) is 0 Å². The first-order valence-corrected chi connectivity index (χ1v) is 15.7. The SMILES string of the molecule is CCC1=C(C)C2=CC3=[N+]4C(=Nc5c(CC)c(CC)c6n5C45n4c(c(CC)c(CC)c4=NC1=[N+]25)=C6)C(CC)=C3CC. The first-order chi connectivity index (χ1) is 19.5. The van der Waals surface area contributed by atoms with E-state index in [9.17, 15) is 0 Å². The van der Waals surface area contributed by atoms with Gasteiger partial charge in [0.05, 0.1) is 22.2 Å². The standard InChI is InChI=1S/C34H40N6/c1-9-19-18(8)26-16-27-20(10-2)23(13-5)32-36-33-25(15-7)22(12-4)29-17-28-21(11-3)24(14-6)31-35-30(19)37(26)34(38(27)32,39(28)31)40(29)33/h16-17H,9-15H2,1-8H3/q+2. The molecule has 0 radical (unpaired) electrons. The average molecular weight is 533 g/mol. The van der Waals surface area contributed by atoms with Crippen LogP contribution in [0.25, 0.3) is 6.08 Å². The third kappa shape index (κ3) is 2.27. The molecule has 1 unspecified atom stereocenters. The van der Waals surface area contributed by atoms with Gasteiger partial charge in [-0.25, -0.2) is 9.13 Å². The molecule has 2 aromatic heterocycles. The molecule has 6 aliphatic rings. The molecule has 204 valence electrons. The molecule has 6 heteroatoms. The van der Waals surface area contributed by atoms with Crippen molar-refractivity contribution in [2.45, 2.75) is 106 Å². The lowest BCUT2D eigenvalue weighted by Gasteiger charge is -2.41. The van der Waals surface area contributed by atoms with Crippen molar-refractivity contribution in [1.82, 2.24) is 9.13 Å². The Bertz CT molecular complexity index is 1940. The summed E-state index contributed by atoms with van der Waals surface area (Å²) in [6, 6.07) is 0. The van der Waals surface area contributed by atoms with Gasteiger partial charge in [-0.3, -0.25) is 0 Å². The van der Waals surface area contributed by atoms with Gasteiger partial charge in [0.1, 0.15) is 11.4 Å². The molecule has 0 bridgehead atoms. The molecule has 40 heavy (non-hydrogen) atoms. The highest BCUT2D eigenvalue weighted by Gasteiger charge is 2.70. The molecule has 6 nitrogen and oxygen atoms in total. The second-order valence-electron chi connectivity index (χ2n) is 11.7. The van der Waals surface area contributed by atoms with Gasteiger partial charge in [0.25, 0.3) is 11.3 Å². The Hall–Kier alpha value is -3.54. The summed E-state index contributed by atoms with van der Waals surface area (Å²) >= 11 is 0. The van der Waals surface area contributed by atoms with Crippen LogP contribution >= 0.6 is 0 Å². The Morgan fingerprint density at radius 3 is 1.98 bits per heavy atom. The maximum Gasteiger partial charge on any atom is 0.441 e. The maximum absolute atomic E-state index is 5.61. The lowest BCUT2D eigenvalue weighted by atomic mass is 9.98. The van der Waals surface area contributed by atoms with E-state index >= 15 is 0 Å². The van der Waals surface area contributed by atoms with E-state index in [1.54, 1.807) is 0 Å². The third-order valence-corrected chi connectivity index (χ3v) is 10.4. The van der Waals surface area contributed by atoms with Crippen molar-refractivity contribution in [1.29, 1.82) is 0 Å². The van der Waals surface area contributed by atoms with Crippen molar-refractivity contribution >= 4 is 29.3 Å². The van der Waals surface area contributed by atoms with Crippen LogP contribution in [0.3, 0.4) is 0 Å². The van der Waals surface area contributed by atoms with Crippen molar-refractivity contribution in [3.05, 3.63) is 72.9 Å². The fourth-order valence-corrected chi connectivity index (χ4v) is 8.85. The summed E-state index contributed by atoms with van der Waals surface area (Å²) in [7, 11) is 0. The molecule has 0 fully saturated rings. The quantitative estimate of drug-likeness (QED) is 0.445. The summed E-state index contributed by atoms with van der Waals surface area (Å²) < 4.78 is 10.4. The number of amidine groups is 2. The highest BCUT2D eigenvalue weighted by molar-refractivity contribution is 6.19. The predicted octanol–water partition coefficient (Wildman–Crippen LogP) is 5.11. The van der Waals surface area contributed by atoms with E-state index in [1.807, 2.05) is 0 Å². The highest BCUT2D eigenvalue weighted by atomic mass is 15.7. The molecule has 0 saturated carbocycles.